The van der Waals surface area contributed by atoms with E-state index in [1.807, 2.05) is 18.2 Å². The molecule has 116 valence electrons. The largest absolute Gasteiger partial charge is 0.497 e. The average Bonchev–Trinajstić information content (AvgIpc) is 2.48. The van der Waals surface area contributed by atoms with Gasteiger partial charge < -0.3 is 14.6 Å². The average molecular weight is 293 g/mol. The van der Waals surface area contributed by atoms with Gasteiger partial charge in [0.1, 0.15) is 11.5 Å². The van der Waals surface area contributed by atoms with E-state index in [-0.39, 0.29) is 6.42 Å². The monoisotopic (exact) mass is 293 g/mol. The fraction of sp³-hybridized carbons (Fsp3) is 0.562. The molecule has 0 spiro atoms. The summed E-state index contributed by atoms with van der Waals surface area (Å²) in [6.45, 7) is 2.66. The smallest absolute Gasteiger partial charge is 0.303 e. The first-order valence-corrected chi connectivity index (χ1v) is 7.27. The van der Waals surface area contributed by atoms with Gasteiger partial charge in [-0.05, 0) is 50.0 Å². The zero-order valence-corrected chi connectivity index (χ0v) is 12.7. The maximum Gasteiger partial charge on any atom is 0.303 e. The van der Waals surface area contributed by atoms with E-state index >= 15 is 0 Å². The third-order valence-corrected chi connectivity index (χ3v) is 4.05. The Balaban J connectivity index is 1.95. The summed E-state index contributed by atoms with van der Waals surface area (Å²) in [7, 11) is 3.33. The van der Waals surface area contributed by atoms with Crippen LogP contribution in [0.15, 0.2) is 18.2 Å². The fourth-order valence-electron chi connectivity index (χ4n) is 2.84. The summed E-state index contributed by atoms with van der Waals surface area (Å²) in [6.07, 6.45) is 2.17. The van der Waals surface area contributed by atoms with Gasteiger partial charge in [-0.15, -0.1) is 0 Å². The first-order valence-electron chi connectivity index (χ1n) is 7.27. The van der Waals surface area contributed by atoms with E-state index in [4.69, 9.17) is 14.6 Å². The van der Waals surface area contributed by atoms with Crippen molar-refractivity contribution >= 4 is 5.97 Å². The molecule has 1 N–H and O–H groups in total. The Morgan fingerprint density at radius 2 is 2.00 bits per heavy atom. The second-order valence-corrected chi connectivity index (χ2v) is 5.50. The highest BCUT2D eigenvalue weighted by Crippen LogP contribution is 2.27. The lowest BCUT2D eigenvalue weighted by Crippen LogP contribution is -2.34. The van der Waals surface area contributed by atoms with Crippen LogP contribution in [0.3, 0.4) is 0 Å². The predicted octanol–water partition coefficient (Wildman–Crippen LogP) is 2.39. The number of nitrogens with zero attached hydrogens (tertiary/aromatic N) is 1. The molecule has 0 amide bonds. The van der Waals surface area contributed by atoms with Crippen molar-refractivity contribution in [2.24, 2.45) is 5.92 Å². The summed E-state index contributed by atoms with van der Waals surface area (Å²) in [5, 5.41) is 8.85. The van der Waals surface area contributed by atoms with E-state index in [0.29, 0.717) is 5.92 Å². The van der Waals surface area contributed by atoms with Crippen LogP contribution in [0, 0.1) is 5.92 Å². The summed E-state index contributed by atoms with van der Waals surface area (Å²) in [4.78, 5) is 13.1. The Morgan fingerprint density at radius 1 is 1.29 bits per heavy atom. The molecular formula is C16H23NO4. The van der Waals surface area contributed by atoms with E-state index in [2.05, 4.69) is 4.90 Å². The summed E-state index contributed by atoms with van der Waals surface area (Å²) in [5.74, 6) is 1.31. The summed E-state index contributed by atoms with van der Waals surface area (Å²) < 4.78 is 10.7. The second-order valence-electron chi connectivity index (χ2n) is 5.50. The number of ether oxygens (including phenoxy) is 2. The molecule has 5 heteroatoms. The van der Waals surface area contributed by atoms with Gasteiger partial charge in [0.2, 0.25) is 0 Å². The van der Waals surface area contributed by atoms with Crippen molar-refractivity contribution < 1.29 is 19.4 Å². The van der Waals surface area contributed by atoms with Gasteiger partial charge in [-0.3, -0.25) is 9.69 Å². The van der Waals surface area contributed by atoms with Crippen molar-refractivity contribution in [3.8, 4) is 11.5 Å². The lowest BCUT2D eigenvalue weighted by molar-refractivity contribution is -0.138. The Hall–Kier alpha value is -1.75. The zero-order chi connectivity index (χ0) is 15.2. The minimum absolute atomic E-state index is 0.288. The molecule has 2 rings (SSSR count). The molecule has 1 aliphatic rings. The number of carboxylic acid groups (broad SMARTS) is 1. The lowest BCUT2D eigenvalue weighted by Gasteiger charge is -2.31. The number of rotatable bonds is 6. The fourth-order valence-corrected chi connectivity index (χ4v) is 2.84. The summed E-state index contributed by atoms with van der Waals surface area (Å²) in [6, 6.07) is 5.81. The lowest BCUT2D eigenvalue weighted by atomic mass is 9.93. The molecule has 0 atom stereocenters. The molecule has 5 nitrogen and oxygen atoms in total. The van der Waals surface area contributed by atoms with E-state index in [9.17, 15) is 4.79 Å². The van der Waals surface area contributed by atoms with Crippen LogP contribution in [0.2, 0.25) is 0 Å². The third kappa shape index (κ3) is 4.36. The van der Waals surface area contributed by atoms with Crippen molar-refractivity contribution in [2.75, 3.05) is 27.3 Å². The predicted molar refractivity (Wildman–Crippen MR) is 79.8 cm³/mol. The highest BCUT2D eigenvalue weighted by atomic mass is 16.5. The Morgan fingerprint density at radius 3 is 2.57 bits per heavy atom. The van der Waals surface area contributed by atoms with Gasteiger partial charge in [0.25, 0.3) is 0 Å². The standard InChI is InChI=1S/C16H23NO4/c1-20-14-3-4-15(21-2)13(10-14)11-17-7-5-12(6-8-17)9-16(18)19/h3-4,10,12H,5-9,11H2,1-2H3,(H,18,19). The number of methoxy groups -OCH3 is 2. The van der Waals surface area contributed by atoms with Gasteiger partial charge in [-0.25, -0.2) is 0 Å². The van der Waals surface area contributed by atoms with Crippen LogP contribution in [-0.4, -0.2) is 43.3 Å². The molecular weight excluding hydrogens is 270 g/mol. The first kappa shape index (κ1) is 15.6. The Kier molecular flexibility index (Phi) is 5.44. The van der Waals surface area contributed by atoms with Crippen LogP contribution in [0.5, 0.6) is 11.5 Å². The van der Waals surface area contributed by atoms with Crippen molar-refractivity contribution in [2.45, 2.75) is 25.8 Å². The van der Waals surface area contributed by atoms with Gasteiger partial charge in [-0.1, -0.05) is 0 Å². The molecule has 1 fully saturated rings. The van der Waals surface area contributed by atoms with Gasteiger partial charge >= 0.3 is 5.97 Å². The quantitative estimate of drug-likeness (QED) is 0.872. The number of benzene rings is 1. The molecule has 21 heavy (non-hydrogen) atoms. The van der Waals surface area contributed by atoms with E-state index in [1.165, 1.54) is 0 Å². The number of carboxylic acids is 1. The highest BCUT2D eigenvalue weighted by molar-refractivity contribution is 5.67. The van der Waals surface area contributed by atoms with Gasteiger partial charge in [0.15, 0.2) is 0 Å². The molecule has 0 saturated carbocycles. The first-order chi connectivity index (χ1) is 10.1. The van der Waals surface area contributed by atoms with Gasteiger partial charge in [0.05, 0.1) is 14.2 Å². The van der Waals surface area contributed by atoms with Crippen LogP contribution in [0.25, 0.3) is 0 Å². The molecule has 0 unspecified atom stereocenters. The van der Waals surface area contributed by atoms with Crippen LogP contribution < -0.4 is 9.47 Å². The van der Waals surface area contributed by atoms with Gasteiger partial charge in [0, 0.05) is 18.5 Å². The van der Waals surface area contributed by atoms with Crippen molar-refractivity contribution in [3.05, 3.63) is 23.8 Å². The Bertz CT molecular complexity index is 481. The maximum atomic E-state index is 10.8. The number of carbonyl (C=O) groups is 1. The normalized spacial score (nSPS) is 16.7. The van der Waals surface area contributed by atoms with E-state index < -0.39 is 5.97 Å². The number of likely N-dealkylation sites (tertiary alicyclic amines) is 1. The number of hydrogen-bond acceptors (Lipinski definition) is 4. The number of hydrogen-bond donors (Lipinski definition) is 1. The maximum absolute atomic E-state index is 10.8. The molecule has 1 heterocycles. The Labute approximate surface area is 125 Å². The minimum atomic E-state index is -0.692. The third-order valence-electron chi connectivity index (χ3n) is 4.05. The molecule has 1 aromatic rings. The molecule has 0 bridgehead atoms. The highest BCUT2D eigenvalue weighted by Gasteiger charge is 2.22. The minimum Gasteiger partial charge on any atom is -0.497 e. The summed E-state index contributed by atoms with van der Waals surface area (Å²) in [5.41, 5.74) is 1.11. The molecule has 1 aromatic carbocycles. The van der Waals surface area contributed by atoms with Crippen LogP contribution in [0.1, 0.15) is 24.8 Å². The topological polar surface area (TPSA) is 59.0 Å². The molecule has 0 radical (unpaired) electrons. The molecule has 1 saturated heterocycles. The SMILES string of the molecule is COc1ccc(OC)c(CN2CCC(CC(=O)O)CC2)c1. The number of piperidine rings is 1. The summed E-state index contributed by atoms with van der Waals surface area (Å²) >= 11 is 0. The van der Waals surface area contributed by atoms with E-state index in [0.717, 1.165) is 49.5 Å². The van der Waals surface area contributed by atoms with Crippen molar-refractivity contribution in [3.63, 3.8) is 0 Å². The molecule has 0 aliphatic carbocycles. The van der Waals surface area contributed by atoms with Crippen molar-refractivity contribution in [1.82, 2.24) is 4.90 Å². The zero-order valence-electron chi connectivity index (χ0n) is 12.7. The number of aliphatic carboxylic acids is 1. The van der Waals surface area contributed by atoms with Crippen LogP contribution >= 0.6 is 0 Å². The van der Waals surface area contributed by atoms with Crippen molar-refractivity contribution in [1.29, 1.82) is 0 Å². The van der Waals surface area contributed by atoms with Gasteiger partial charge in [-0.2, -0.15) is 0 Å². The van der Waals surface area contributed by atoms with E-state index in [1.54, 1.807) is 14.2 Å². The second kappa shape index (κ2) is 7.31. The van der Waals surface area contributed by atoms with Crippen LogP contribution in [0.4, 0.5) is 0 Å². The van der Waals surface area contributed by atoms with Crippen LogP contribution in [-0.2, 0) is 11.3 Å². The molecule has 1 aliphatic heterocycles. The molecule has 0 aromatic heterocycles.